The van der Waals surface area contributed by atoms with Gasteiger partial charge in [0, 0.05) is 112 Å². The van der Waals surface area contributed by atoms with E-state index in [9.17, 15) is 5.11 Å². The van der Waals surface area contributed by atoms with Gasteiger partial charge in [-0.1, -0.05) is 76.6 Å². The van der Waals surface area contributed by atoms with Crippen molar-refractivity contribution in [3.8, 4) is 50.6 Å². The highest BCUT2D eigenvalue weighted by Crippen LogP contribution is 2.61. The van der Waals surface area contributed by atoms with Gasteiger partial charge in [0.25, 0.3) is 0 Å². The second-order valence-electron chi connectivity index (χ2n) is 20.5. The molecule has 12 aromatic rings. The molecule has 0 radical (unpaired) electrons. The number of hydrogen-bond donors (Lipinski definition) is 1. The summed E-state index contributed by atoms with van der Waals surface area (Å²) in [5.74, 6) is 0.781. The fourth-order valence-electron chi connectivity index (χ4n) is 13.8. The maximum atomic E-state index is 10.4. The van der Waals surface area contributed by atoms with Crippen LogP contribution in [0.4, 0.5) is 0 Å². The van der Waals surface area contributed by atoms with Crippen molar-refractivity contribution in [1.82, 2.24) is 24.1 Å². The number of halogens is 4. The second kappa shape index (κ2) is 17.2. The summed E-state index contributed by atoms with van der Waals surface area (Å²) < 4.78 is 12.4. The Kier molecular flexibility index (Phi) is 10.5. The van der Waals surface area contributed by atoms with Crippen LogP contribution in [-0.2, 0) is 30.5 Å². The summed E-state index contributed by atoms with van der Waals surface area (Å²) in [5, 5.41) is 14.9. The summed E-state index contributed by atoms with van der Waals surface area (Å²) in [5.41, 5.74) is 20.3. The fraction of sp³-hybridized carbons (Fsp3) is 0.136. The van der Waals surface area contributed by atoms with Crippen molar-refractivity contribution in [3.63, 3.8) is 0 Å². The van der Waals surface area contributed by atoms with Crippen molar-refractivity contribution in [2.75, 3.05) is 7.11 Å². The van der Waals surface area contributed by atoms with Gasteiger partial charge < -0.3 is 19.0 Å². The number of fused-ring (bicyclic) bond motifs is 16. The van der Waals surface area contributed by atoms with Gasteiger partial charge in [0.1, 0.15) is 10.6 Å². The molecule has 374 valence electrons. The van der Waals surface area contributed by atoms with Gasteiger partial charge in [-0.15, -0.1) is 23.2 Å². The van der Waals surface area contributed by atoms with Crippen LogP contribution in [0.25, 0.3) is 88.5 Å². The maximum Gasteiger partial charge on any atom is 0.133 e. The molecule has 0 unspecified atom stereocenters. The number of aromatic nitrogens is 5. The third-order valence-corrected chi connectivity index (χ3v) is 18.4. The first-order valence-electron chi connectivity index (χ1n) is 25.9. The predicted octanol–water partition coefficient (Wildman–Crippen LogP) is 17.0. The molecule has 11 heteroatoms. The van der Waals surface area contributed by atoms with E-state index in [1.807, 2.05) is 36.8 Å². The fourth-order valence-corrected chi connectivity index (χ4v) is 14.9. The number of nitrogens with zero attached hydrogens (tertiary/aromatic N) is 5. The van der Waals surface area contributed by atoms with Crippen LogP contribution in [0.3, 0.4) is 0 Å². The smallest absolute Gasteiger partial charge is 0.133 e. The van der Waals surface area contributed by atoms with Crippen LogP contribution in [0.1, 0.15) is 74.3 Å². The van der Waals surface area contributed by atoms with Gasteiger partial charge in [-0.25, -0.2) is 0 Å². The predicted molar refractivity (Wildman–Crippen MR) is 319 cm³/mol. The molecule has 0 saturated heterocycles. The average Bonchev–Trinajstić information content (AvgIpc) is 4.28. The van der Waals surface area contributed by atoms with Gasteiger partial charge in [0.05, 0.1) is 41.6 Å². The van der Waals surface area contributed by atoms with Crippen molar-refractivity contribution in [3.05, 3.63) is 235 Å². The third-order valence-electron chi connectivity index (χ3n) is 17.1. The summed E-state index contributed by atoms with van der Waals surface area (Å²) in [7, 11) is 1.71. The standard InChI is InChI=1S/C66H45Br2Cl2N5O2/c1-4-74-56-19-9-37-23-47(56)49-26-42(14-20-58(49)74)65(40-10-6-35(34-76)7-11-40)52-29-44(67)28-51(64(69)70)60(52)61-53(65)24-38(31-71-61)36-8-18-57-48(22-36)50-27-43(15-21-59(50)75(57)5-2)66(41-12-16-46(77-3)17-13-41)54-25-39(37)32-72-62(54)63-55(66)30-45(68)33-73-63/h6-33,64,76H,4-5,34H2,1-3H3/t65-,66+/m0/s1. The minimum atomic E-state index is -0.917. The molecule has 0 saturated carbocycles. The lowest BCUT2D eigenvalue weighted by Crippen LogP contribution is -2.29. The number of aryl methyl sites for hydroxylation is 2. The molecule has 0 aliphatic heterocycles. The van der Waals surface area contributed by atoms with Crippen LogP contribution in [-0.4, -0.2) is 36.3 Å². The molecule has 7 nitrogen and oxygen atoms in total. The number of hydrogen-bond acceptors (Lipinski definition) is 5. The van der Waals surface area contributed by atoms with Crippen molar-refractivity contribution >= 4 is 98.7 Å². The molecule has 2 atom stereocenters. The molecule has 3 aliphatic carbocycles. The number of aliphatic hydroxyl groups excluding tert-OH is 1. The summed E-state index contributed by atoms with van der Waals surface area (Å²) in [6, 6.07) is 55.8. The molecule has 12 bridgehead atoms. The lowest BCUT2D eigenvalue weighted by molar-refractivity contribution is 0.282. The molecule has 3 aliphatic rings. The Balaban J connectivity index is 1.12. The minimum absolute atomic E-state index is 0.0743. The van der Waals surface area contributed by atoms with Gasteiger partial charge in [0.2, 0.25) is 0 Å². The Bertz CT molecular complexity index is 4530. The molecule has 0 fully saturated rings. The Morgan fingerprint density at radius 1 is 0.494 bits per heavy atom. The van der Waals surface area contributed by atoms with E-state index in [-0.39, 0.29) is 6.61 Å². The highest BCUT2D eigenvalue weighted by molar-refractivity contribution is 9.10. The normalized spacial score (nSPS) is 16.7. The molecule has 15 rings (SSSR count). The number of alkyl halides is 2. The highest BCUT2D eigenvalue weighted by Gasteiger charge is 2.50. The van der Waals surface area contributed by atoms with Crippen molar-refractivity contribution < 1.29 is 9.84 Å². The average molecular weight is 1170 g/mol. The van der Waals surface area contributed by atoms with Crippen molar-refractivity contribution in [2.24, 2.45) is 0 Å². The number of methoxy groups -OCH3 is 1. The summed E-state index contributed by atoms with van der Waals surface area (Å²) in [4.78, 5) is 15.3. The Morgan fingerprint density at radius 2 is 0.948 bits per heavy atom. The van der Waals surface area contributed by atoms with E-state index < -0.39 is 15.7 Å². The van der Waals surface area contributed by atoms with E-state index in [1.54, 1.807) is 7.11 Å². The molecule has 1 N–H and O–H groups in total. The molecule has 0 amide bonds. The Hall–Kier alpha value is -7.11. The van der Waals surface area contributed by atoms with Crippen molar-refractivity contribution in [1.29, 1.82) is 0 Å². The summed E-state index contributed by atoms with van der Waals surface area (Å²) in [6.07, 6.45) is 5.91. The maximum absolute atomic E-state index is 10.4. The molecule has 0 spiro atoms. The van der Waals surface area contributed by atoms with Gasteiger partial charge in [-0.2, -0.15) is 0 Å². The molecule has 7 aromatic carbocycles. The number of pyridine rings is 3. The SMILES string of the molecule is CCn1c2ccc3cc2c2cc(ccc21)[C@@]1(c2ccc(OC)cc2)c2cc(Br)cnc2-c2ncc(cc21)-c1ccc2c(c1)c1cc(ccc1n2CC)[C@]1(c2ccc(CO)cc2)c2cc-3cnc2-c2c(C(Cl)Cl)cc(Br)cc21. The van der Waals surface area contributed by atoms with E-state index in [2.05, 4.69) is 188 Å². The lowest BCUT2D eigenvalue weighted by atomic mass is 9.67. The number of rotatable bonds is 7. The summed E-state index contributed by atoms with van der Waals surface area (Å²) in [6.45, 7) is 5.91. The third kappa shape index (κ3) is 6.37. The highest BCUT2D eigenvalue weighted by atomic mass is 79.9. The monoisotopic (exact) mass is 1170 g/mol. The number of ether oxygens (including phenoxy) is 1. The van der Waals surface area contributed by atoms with Crippen LogP contribution in [0.5, 0.6) is 5.75 Å². The largest absolute Gasteiger partial charge is 0.497 e. The van der Waals surface area contributed by atoms with Crippen LogP contribution in [0.2, 0.25) is 0 Å². The minimum Gasteiger partial charge on any atom is -0.497 e. The Morgan fingerprint density at radius 3 is 1.48 bits per heavy atom. The Labute approximate surface area is 471 Å². The first-order chi connectivity index (χ1) is 37.6. The van der Waals surface area contributed by atoms with Crippen molar-refractivity contribution in [2.45, 2.75) is 49.2 Å². The molecular formula is C66H45Br2Cl2N5O2. The van der Waals surface area contributed by atoms with E-state index >= 15 is 0 Å². The second-order valence-corrected chi connectivity index (χ2v) is 23.4. The zero-order chi connectivity index (χ0) is 52.2. The van der Waals surface area contributed by atoms with Gasteiger partial charge in [-0.05, 0) is 176 Å². The molecule has 77 heavy (non-hydrogen) atoms. The lowest BCUT2D eigenvalue weighted by Gasteiger charge is -2.34. The first kappa shape index (κ1) is 47.1. The van der Waals surface area contributed by atoms with E-state index in [0.717, 1.165) is 172 Å². The topological polar surface area (TPSA) is 78.0 Å². The van der Waals surface area contributed by atoms with Gasteiger partial charge in [0.15, 0.2) is 0 Å². The van der Waals surface area contributed by atoms with E-state index in [1.165, 1.54) is 0 Å². The van der Waals surface area contributed by atoms with E-state index in [4.69, 9.17) is 42.9 Å². The summed E-state index contributed by atoms with van der Waals surface area (Å²) >= 11 is 21.8. The van der Waals surface area contributed by atoms with Crippen LogP contribution >= 0.6 is 55.1 Å². The quantitative estimate of drug-likeness (QED) is 0.161. The number of aliphatic hydroxyl groups is 1. The van der Waals surface area contributed by atoms with Crippen LogP contribution in [0.15, 0.2) is 179 Å². The van der Waals surface area contributed by atoms with Crippen LogP contribution in [0, 0.1) is 0 Å². The zero-order valence-electron chi connectivity index (χ0n) is 42.0. The van der Waals surface area contributed by atoms with Gasteiger partial charge >= 0.3 is 0 Å². The molecule has 5 aromatic heterocycles. The zero-order valence-corrected chi connectivity index (χ0v) is 46.7. The van der Waals surface area contributed by atoms with Crippen LogP contribution < -0.4 is 4.74 Å². The molecular weight excluding hydrogens is 1130 g/mol. The first-order valence-corrected chi connectivity index (χ1v) is 28.3. The van der Waals surface area contributed by atoms with E-state index in [0.29, 0.717) is 0 Å². The van der Waals surface area contributed by atoms with Gasteiger partial charge in [-0.3, -0.25) is 15.0 Å². The molecule has 5 heterocycles. The number of benzene rings is 7.